The molecule has 0 heterocycles. The maximum atomic E-state index is 5.76. The maximum Gasteiger partial charge on any atom is 0.0654 e. The third kappa shape index (κ3) is 8.57. The Morgan fingerprint density at radius 3 is 2.74 bits per heavy atom. The molecule has 1 N–H and O–H groups in total. The van der Waals surface area contributed by atoms with Gasteiger partial charge in [-0.3, -0.25) is 0 Å². The molecule has 0 aromatic heterocycles. The lowest BCUT2D eigenvalue weighted by molar-refractivity contribution is 0.0806. The first-order chi connectivity index (χ1) is 9.33. The molecule has 2 nitrogen and oxygen atoms in total. The van der Waals surface area contributed by atoms with Gasteiger partial charge in [-0.05, 0) is 44.8 Å². The summed E-state index contributed by atoms with van der Waals surface area (Å²) in [6, 6.07) is 10.3. The van der Waals surface area contributed by atoms with E-state index in [0.717, 1.165) is 19.5 Å². The van der Waals surface area contributed by atoms with E-state index in [1.807, 2.05) is 18.2 Å². The molecule has 1 atom stereocenters. The van der Waals surface area contributed by atoms with Crippen molar-refractivity contribution in [2.45, 2.75) is 39.2 Å². The number of nitrogens with one attached hydrogen (secondary N) is 1. The molecule has 1 unspecified atom stereocenters. The van der Waals surface area contributed by atoms with Gasteiger partial charge in [-0.2, -0.15) is 0 Å². The summed E-state index contributed by atoms with van der Waals surface area (Å²) in [4.78, 5) is 0. The van der Waals surface area contributed by atoms with Gasteiger partial charge in [-0.25, -0.2) is 0 Å². The minimum atomic E-state index is 0.337. The summed E-state index contributed by atoms with van der Waals surface area (Å²) in [5.41, 5.74) is 1.22. The molecule has 0 amide bonds. The molecular weight excluding hydrogens is 234 g/mol. The van der Waals surface area contributed by atoms with E-state index in [4.69, 9.17) is 4.74 Å². The normalized spacial score (nSPS) is 12.9. The van der Waals surface area contributed by atoms with Crippen LogP contribution in [0.5, 0.6) is 0 Å². The molecule has 0 radical (unpaired) electrons. The Kier molecular flexibility index (Phi) is 9.03. The minimum absolute atomic E-state index is 0.337. The molecule has 1 rings (SSSR count). The number of ether oxygens (including phenoxy) is 1. The fourth-order valence-electron chi connectivity index (χ4n) is 1.87. The van der Waals surface area contributed by atoms with Gasteiger partial charge in [0.05, 0.1) is 12.7 Å². The van der Waals surface area contributed by atoms with Gasteiger partial charge in [0.25, 0.3) is 0 Å². The Morgan fingerprint density at radius 1 is 1.21 bits per heavy atom. The van der Waals surface area contributed by atoms with Gasteiger partial charge < -0.3 is 10.1 Å². The highest BCUT2D eigenvalue weighted by Crippen LogP contribution is 2.03. The van der Waals surface area contributed by atoms with Gasteiger partial charge in [-0.1, -0.05) is 49.4 Å². The van der Waals surface area contributed by atoms with Crippen LogP contribution in [0.2, 0.25) is 0 Å². The van der Waals surface area contributed by atoms with E-state index >= 15 is 0 Å². The largest absolute Gasteiger partial charge is 0.374 e. The molecule has 1 aromatic carbocycles. The molecular formula is C17H27NO. The van der Waals surface area contributed by atoms with E-state index in [1.165, 1.54) is 18.4 Å². The Labute approximate surface area is 117 Å². The number of hydrogen-bond acceptors (Lipinski definition) is 2. The zero-order valence-corrected chi connectivity index (χ0v) is 12.3. The van der Waals surface area contributed by atoms with Crippen molar-refractivity contribution in [3.63, 3.8) is 0 Å². The van der Waals surface area contributed by atoms with Crippen LogP contribution in [-0.4, -0.2) is 25.8 Å². The Morgan fingerprint density at radius 2 is 2.00 bits per heavy atom. The van der Waals surface area contributed by atoms with Crippen molar-refractivity contribution in [1.29, 1.82) is 0 Å². The standard InChI is InChI=1S/C17H27NO/c1-3-13-18-14-7-9-16(2)19-15-8-12-17-10-5-4-6-11-17/h4-6,8,10-12,16,18H,3,7,9,13-15H2,1-2H3/b12-8+. The summed E-state index contributed by atoms with van der Waals surface area (Å²) >= 11 is 0. The SMILES string of the molecule is CCCNCCCC(C)OC/C=C/c1ccccc1. The van der Waals surface area contributed by atoms with Crippen molar-refractivity contribution in [3.8, 4) is 0 Å². The lowest BCUT2D eigenvalue weighted by Gasteiger charge is -2.11. The molecule has 1 aromatic rings. The summed E-state index contributed by atoms with van der Waals surface area (Å²) in [5.74, 6) is 0. The monoisotopic (exact) mass is 261 g/mol. The Balaban J connectivity index is 2.04. The Bertz CT molecular complexity index is 334. The van der Waals surface area contributed by atoms with Crippen LogP contribution in [0.25, 0.3) is 6.08 Å². The maximum absolute atomic E-state index is 5.76. The quantitative estimate of drug-likeness (QED) is 0.645. The lowest BCUT2D eigenvalue weighted by Crippen LogP contribution is -2.18. The van der Waals surface area contributed by atoms with Crippen LogP contribution in [-0.2, 0) is 4.74 Å². The van der Waals surface area contributed by atoms with Gasteiger partial charge in [0, 0.05) is 0 Å². The first kappa shape index (κ1) is 15.9. The lowest BCUT2D eigenvalue weighted by atomic mass is 10.2. The van der Waals surface area contributed by atoms with Gasteiger partial charge in [-0.15, -0.1) is 0 Å². The van der Waals surface area contributed by atoms with Crippen molar-refractivity contribution in [2.24, 2.45) is 0 Å². The molecule has 0 saturated heterocycles. The zero-order valence-electron chi connectivity index (χ0n) is 12.3. The van der Waals surface area contributed by atoms with Crippen molar-refractivity contribution in [2.75, 3.05) is 19.7 Å². The number of hydrogen-bond donors (Lipinski definition) is 1. The highest BCUT2D eigenvalue weighted by atomic mass is 16.5. The smallest absolute Gasteiger partial charge is 0.0654 e. The second kappa shape index (κ2) is 10.8. The summed E-state index contributed by atoms with van der Waals surface area (Å²) in [6.45, 7) is 7.25. The van der Waals surface area contributed by atoms with Crippen molar-refractivity contribution >= 4 is 6.08 Å². The third-order valence-electron chi connectivity index (χ3n) is 2.98. The van der Waals surface area contributed by atoms with Crippen LogP contribution in [0.1, 0.15) is 38.7 Å². The first-order valence-electron chi connectivity index (χ1n) is 7.37. The summed E-state index contributed by atoms with van der Waals surface area (Å²) in [6.07, 6.45) is 8.04. The number of rotatable bonds is 10. The van der Waals surface area contributed by atoms with Gasteiger partial charge in [0.1, 0.15) is 0 Å². The average molecular weight is 261 g/mol. The van der Waals surface area contributed by atoms with Gasteiger partial charge in [0.2, 0.25) is 0 Å². The molecule has 0 spiro atoms. The molecule has 0 aliphatic heterocycles. The van der Waals surface area contributed by atoms with Crippen molar-refractivity contribution in [3.05, 3.63) is 42.0 Å². The van der Waals surface area contributed by atoms with Crippen molar-refractivity contribution < 1.29 is 4.74 Å². The molecule has 0 aliphatic carbocycles. The van der Waals surface area contributed by atoms with E-state index < -0.39 is 0 Å². The predicted molar refractivity (Wildman–Crippen MR) is 83.3 cm³/mol. The average Bonchev–Trinajstić information content (AvgIpc) is 2.44. The minimum Gasteiger partial charge on any atom is -0.374 e. The summed E-state index contributed by atoms with van der Waals surface area (Å²) < 4.78 is 5.76. The molecule has 106 valence electrons. The van der Waals surface area contributed by atoms with E-state index in [1.54, 1.807) is 0 Å². The molecule has 0 bridgehead atoms. The van der Waals surface area contributed by atoms with Crippen LogP contribution in [0.15, 0.2) is 36.4 Å². The summed E-state index contributed by atoms with van der Waals surface area (Å²) in [7, 11) is 0. The fourth-order valence-corrected chi connectivity index (χ4v) is 1.87. The third-order valence-corrected chi connectivity index (χ3v) is 2.98. The van der Waals surface area contributed by atoms with Crippen LogP contribution in [0.4, 0.5) is 0 Å². The van der Waals surface area contributed by atoms with Gasteiger partial charge in [0.15, 0.2) is 0 Å². The molecule has 0 saturated carbocycles. The summed E-state index contributed by atoms with van der Waals surface area (Å²) in [5, 5.41) is 3.41. The molecule has 19 heavy (non-hydrogen) atoms. The highest BCUT2D eigenvalue weighted by Gasteiger charge is 1.99. The predicted octanol–water partition coefficient (Wildman–Crippen LogP) is 3.88. The molecule has 0 fully saturated rings. The highest BCUT2D eigenvalue weighted by molar-refractivity contribution is 5.48. The van der Waals surface area contributed by atoms with Gasteiger partial charge >= 0.3 is 0 Å². The van der Waals surface area contributed by atoms with Crippen LogP contribution in [0, 0.1) is 0 Å². The van der Waals surface area contributed by atoms with E-state index in [9.17, 15) is 0 Å². The van der Waals surface area contributed by atoms with Crippen LogP contribution < -0.4 is 5.32 Å². The molecule has 2 heteroatoms. The second-order valence-corrected chi connectivity index (χ2v) is 4.85. The van der Waals surface area contributed by atoms with Crippen LogP contribution >= 0.6 is 0 Å². The number of benzene rings is 1. The second-order valence-electron chi connectivity index (χ2n) is 4.85. The Hall–Kier alpha value is -1.12. The first-order valence-corrected chi connectivity index (χ1v) is 7.37. The van der Waals surface area contributed by atoms with E-state index in [-0.39, 0.29) is 0 Å². The van der Waals surface area contributed by atoms with Crippen LogP contribution in [0.3, 0.4) is 0 Å². The van der Waals surface area contributed by atoms with E-state index in [0.29, 0.717) is 12.7 Å². The fraction of sp³-hybridized carbons (Fsp3) is 0.529. The molecule has 0 aliphatic rings. The van der Waals surface area contributed by atoms with Crippen molar-refractivity contribution in [1.82, 2.24) is 5.32 Å². The topological polar surface area (TPSA) is 21.3 Å². The van der Waals surface area contributed by atoms with E-state index in [2.05, 4.69) is 43.4 Å². The zero-order chi connectivity index (χ0) is 13.8.